The lowest BCUT2D eigenvalue weighted by Crippen LogP contribution is -2.41. The van der Waals surface area contributed by atoms with E-state index in [2.05, 4.69) is 111 Å². The number of carbonyl (C=O) groups is 8. The number of benzene rings is 4. The van der Waals surface area contributed by atoms with E-state index in [0.717, 1.165) is 139 Å². The summed E-state index contributed by atoms with van der Waals surface area (Å²) in [7, 11) is 0. The molecule has 7 fully saturated rings. The highest BCUT2D eigenvalue weighted by Gasteiger charge is 2.29. The van der Waals surface area contributed by atoms with E-state index in [1.165, 1.54) is 106 Å². The lowest BCUT2D eigenvalue weighted by atomic mass is 9.86. The summed E-state index contributed by atoms with van der Waals surface area (Å²) >= 11 is 0. The quantitative estimate of drug-likeness (QED) is 0.0477. The SMILES string of the molecule is C.C1CCOC1.CC(C)(C)OC(=O)N1CCCNCC1.CC(C)c1ccc(N=CC=O)cc1.CC(C)c1ccc(NC(=O)N2CCCN(C(=O)CCC3CCCCC3)CC2)cc1.CC(C)c1ccc(NC(=O)N2CCCN(C(=O)OC(C)(C)C)CC2)cc1.CC(C)c1ccc(NC(=O)N2CCCNCC2)cc1.O=C(O)CCC1CCCCC1. The van der Waals surface area contributed by atoms with Gasteiger partial charge in [0, 0.05) is 135 Å². The van der Waals surface area contributed by atoms with E-state index >= 15 is 0 Å². The Hall–Kier alpha value is -8.61. The number of aldehydes is 1. The summed E-state index contributed by atoms with van der Waals surface area (Å²) < 4.78 is 15.7. The van der Waals surface area contributed by atoms with Crippen LogP contribution < -0.4 is 26.6 Å². The van der Waals surface area contributed by atoms with Crippen LogP contribution in [-0.2, 0) is 28.6 Å². The zero-order chi connectivity index (χ0) is 85.6. The Kier molecular flexibility index (Phi) is 48.3. The largest absolute Gasteiger partial charge is 0.481 e. The Bertz CT molecular complexity index is 3500. The van der Waals surface area contributed by atoms with Crippen molar-refractivity contribution in [2.45, 2.75) is 268 Å². The summed E-state index contributed by atoms with van der Waals surface area (Å²) in [5.74, 6) is 3.06. The van der Waals surface area contributed by atoms with Crippen LogP contribution in [0.25, 0.3) is 0 Å². The maximum atomic E-state index is 12.7. The molecule has 24 heteroatoms. The molecule has 4 aromatic rings. The van der Waals surface area contributed by atoms with Gasteiger partial charge in [0.1, 0.15) is 11.2 Å². The van der Waals surface area contributed by atoms with Crippen LogP contribution >= 0.6 is 0 Å². The number of ether oxygens (including phenoxy) is 3. The molecule has 0 aromatic heterocycles. The van der Waals surface area contributed by atoms with Gasteiger partial charge in [-0.05, 0) is 212 Å². The molecule has 0 atom stereocenters. The van der Waals surface area contributed by atoms with Crippen molar-refractivity contribution < 1.29 is 57.7 Å². The predicted octanol–water partition coefficient (Wildman–Crippen LogP) is 20.0. The predicted molar refractivity (Wildman–Crippen MR) is 481 cm³/mol. The van der Waals surface area contributed by atoms with Crippen molar-refractivity contribution in [1.29, 1.82) is 0 Å². The third-order valence-electron chi connectivity index (χ3n) is 21.3. The van der Waals surface area contributed by atoms with Crippen LogP contribution in [0.5, 0.6) is 0 Å². The monoisotopic (exact) mass is 1640 g/mol. The van der Waals surface area contributed by atoms with Crippen LogP contribution in [0.4, 0.5) is 46.7 Å². The van der Waals surface area contributed by atoms with Gasteiger partial charge in [-0.15, -0.1) is 0 Å². The topological polar surface area (TPSA) is 276 Å². The van der Waals surface area contributed by atoms with Crippen LogP contribution in [0.15, 0.2) is 102 Å². The van der Waals surface area contributed by atoms with Crippen molar-refractivity contribution in [2.24, 2.45) is 16.8 Å². The number of carboxylic acid groups (broad SMARTS) is 1. The summed E-state index contributed by atoms with van der Waals surface area (Å²) in [5, 5.41) is 23.9. The minimum absolute atomic E-state index is 0. The van der Waals surface area contributed by atoms with E-state index in [9.17, 15) is 38.4 Å². The smallest absolute Gasteiger partial charge is 0.410 e. The minimum atomic E-state index is -0.643. The number of nitrogens with one attached hydrogen (secondary N) is 5. The Labute approximate surface area is 709 Å². The number of rotatable bonds is 15. The molecule has 0 spiro atoms. The molecule has 11 rings (SSSR count). The number of urea groups is 3. The molecule has 5 aliphatic heterocycles. The van der Waals surface area contributed by atoms with Crippen molar-refractivity contribution in [3.63, 3.8) is 0 Å². The van der Waals surface area contributed by atoms with E-state index in [1.807, 2.05) is 129 Å². The number of amides is 9. The third kappa shape index (κ3) is 42.9. The van der Waals surface area contributed by atoms with Crippen molar-refractivity contribution in [3.8, 4) is 0 Å². The molecule has 7 aliphatic rings. The molecule has 5 heterocycles. The number of anilines is 3. The van der Waals surface area contributed by atoms with E-state index in [-0.39, 0.29) is 43.6 Å². The Morgan fingerprint density at radius 2 is 0.746 bits per heavy atom. The highest BCUT2D eigenvalue weighted by Crippen LogP contribution is 2.30. The van der Waals surface area contributed by atoms with Crippen LogP contribution in [0, 0.1) is 11.8 Å². The Morgan fingerprint density at radius 3 is 1.11 bits per heavy atom. The highest BCUT2D eigenvalue weighted by molar-refractivity contribution is 6.13. The lowest BCUT2D eigenvalue weighted by molar-refractivity contribution is -0.137. The van der Waals surface area contributed by atoms with E-state index < -0.39 is 17.2 Å². The molecule has 2 aliphatic carbocycles. The molecule has 660 valence electrons. The van der Waals surface area contributed by atoms with Gasteiger partial charge in [-0.1, -0.05) is 176 Å². The van der Waals surface area contributed by atoms with E-state index in [1.54, 1.807) is 14.7 Å². The Morgan fingerprint density at radius 1 is 0.424 bits per heavy atom. The Balaban J connectivity index is 0.000000302. The molecule has 24 nitrogen and oxygen atoms in total. The zero-order valence-electron chi connectivity index (χ0n) is 73.8. The van der Waals surface area contributed by atoms with Gasteiger partial charge >= 0.3 is 36.2 Å². The second-order valence-electron chi connectivity index (χ2n) is 34.8. The first-order chi connectivity index (χ1) is 55.9. The summed E-state index contributed by atoms with van der Waals surface area (Å²) in [6, 6.07) is 31.8. The highest BCUT2D eigenvalue weighted by atomic mass is 16.6. The molecule has 5 saturated heterocycles. The first-order valence-electron chi connectivity index (χ1n) is 43.9. The van der Waals surface area contributed by atoms with Gasteiger partial charge in [-0.25, -0.2) is 24.0 Å². The average Bonchev–Trinajstić information content (AvgIpc) is 1.51. The molecule has 0 unspecified atom stereocenters. The van der Waals surface area contributed by atoms with Crippen molar-refractivity contribution in [2.75, 3.05) is 134 Å². The van der Waals surface area contributed by atoms with Gasteiger partial charge in [0.15, 0.2) is 6.29 Å². The number of carbonyl (C=O) groups excluding carboxylic acids is 7. The summed E-state index contributed by atoms with van der Waals surface area (Å²) in [6.45, 7) is 42.2. The molecule has 9 amide bonds. The molecular weight excluding hydrogens is 1490 g/mol. The molecule has 0 radical (unpaired) electrons. The normalized spacial score (nSPS) is 17.0. The molecule has 118 heavy (non-hydrogen) atoms. The van der Waals surface area contributed by atoms with Gasteiger partial charge in [-0.3, -0.25) is 19.4 Å². The van der Waals surface area contributed by atoms with Gasteiger partial charge in [0.05, 0.1) is 11.9 Å². The fourth-order valence-corrected chi connectivity index (χ4v) is 14.2. The third-order valence-corrected chi connectivity index (χ3v) is 21.3. The number of carboxylic acids is 1. The first kappa shape index (κ1) is 102. The molecule has 4 aromatic carbocycles. The molecule has 0 bridgehead atoms. The van der Waals surface area contributed by atoms with Gasteiger partial charge in [0.25, 0.3) is 0 Å². The van der Waals surface area contributed by atoms with Crippen molar-refractivity contribution >= 4 is 77.4 Å². The second kappa shape index (κ2) is 56.0. The number of aliphatic carboxylic acids is 1. The maximum Gasteiger partial charge on any atom is 0.410 e. The fourth-order valence-electron chi connectivity index (χ4n) is 14.2. The average molecular weight is 1640 g/mol. The number of aliphatic imine (C=N–C) groups is 1. The number of nitrogens with zero attached hydrogens (tertiary/aromatic N) is 7. The van der Waals surface area contributed by atoms with Gasteiger partial charge in [-0.2, -0.15) is 0 Å². The number of hydrogen-bond donors (Lipinski definition) is 6. The van der Waals surface area contributed by atoms with Gasteiger partial charge in [0.2, 0.25) is 5.91 Å². The van der Waals surface area contributed by atoms with E-state index in [0.29, 0.717) is 94.5 Å². The summed E-state index contributed by atoms with van der Waals surface area (Å²) in [5.41, 5.74) is 7.46. The van der Waals surface area contributed by atoms with Gasteiger partial charge < -0.3 is 75.3 Å². The van der Waals surface area contributed by atoms with Crippen LogP contribution in [0.2, 0.25) is 0 Å². The molecule has 2 saturated carbocycles. The van der Waals surface area contributed by atoms with E-state index in [4.69, 9.17) is 19.3 Å². The lowest BCUT2D eigenvalue weighted by Gasteiger charge is -2.26. The molecular formula is C94H152N12O12. The zero-order valence-corrected chi connectivity index (χ0v) is 73.8. The second-order valence-corrected chi connectivity index (χ2v) is 34.8. The van der Waals surface area contributed by atoms with Crippen molar-refractivity contribution in [3.05, 3.63) is 119 Å². The summed E-state index contributed by atoms with van der Waals surface area (Å²) in [4.78, 5) is 109. The van der Waals surface area contributed by atoms with Crippen molar-refractivity contribution in [1.82, 2.24) is 40.0 Å². The standard InChI is InChI=1S/C24H37N3O2.C20H31N3O3.C15H23N3O.C11H13NO.C10H20N2O2.C9H16O2.C4H8O.CH4/c1-19(2)21-10-12-22(13-11-21)25-24(29)27-16-6-15-26(17-18-27)23(28)14-9-20-7-4-3-5-8-20;1-15(2)16-7-9-17(10-8-16)21-18(24)22-11-6-12-23(14-13-22)19(25)26-20(3,4)5;1-12(2)13-4-6-14(7-5-13)17-15(19)18-10-3-8-16-9-11-18;1-9(2)10-3-5-11(6-4-10)12-7-8-13;1-10(2,3)14-9(13)12-7-4-5-11-6-8-12;10-9(11)7-6-8-4-2-1-3-5-8;1-2-4-5-3-1;/h10-13,19-20H,3-9,14-18H2,1-2H3,(H,25,29);7-10,15H,6,11-14H2,1-5H3,(H,21,24);4-7,12,16H,3,8-11H2,1-2H3,(H,17,19);3-9H,1-2H3;11H,4-8H2,1-3H3;8H,1-7H2,(H,10,11);1-4H2;1H4. The summed E-state index contributed by atoms with van der Waals surface area (Å²) in [6.07, 6.45) is 23.6. The number of hydrogen-bond acceptors (Lipinski definition) is 14. The molecule has 6 N–H and O–H groups in total. The fraction of sp³-hybridized carbons (Fsp3) is 0.649. The first-order valence-corrected chi connectivity index (χ1v) is 43.9. The minimum Gasteiger partial charge on any atom is -0.481 e. The maximum absolute atomic E-state index is 12.7. The van der Waals surface area contributed by atoms with Crippen LogP contribution in [0.3, 0.4) is 0 Å². The van der Waals surface area contributed by atoms with Crippen LogP contribution in [0.1, 0.15) is 279 Å². The van der Waals surface area contributed by atoms with Crippen LogP contribution in [-0.4, -0.2) is 218 Å².